The van der Waals surface area contributed by atoms with E-state index in [9.17, 15) is 9.59 Å². The van der Waals surface area contributed by atoms with E-state index in [1.807, 2.05) is 0 Å². The Bertz CT molecular complexity index is 639. The number of carboxylic acids is 1. The van der Waals surface area contributed by atoms with Crippen molar-refractivity contribution in [1.82, 2.24) is 4.98 Å². The van der Waals surface area contributed by atoms with E-state index in [2.05, 4.69) is 15.5 Å². The topological polar surface area (TPSA) is 101 Å². The minimum Gasteiger partial charge on any atom is -0.476 e. The van der Waals surface area contributed by atoms with E-state index in [1.54, 1.807) is 30.3 Å². The van der Waals surface area contributed by atoms with E-state index < -0.39 is 5.97 Å². The van der Waals surface area contributed by atoms with Crippen molar-refractivity contribution in [3.05, 3.63) is 41.4 Å². The number of oxime groups is 1. The molecule has 1 aromatic carbocycles. The number of nitrogens with zero attached hydrogens (tertiary/aromatic N) is 2. The molecule has 2 N–H and O–H groups in total. The Labute approximate surface area is 117 Å². The maximum absolute atomic E-state index is 11.2. The Morgan fingerprint density at radius 2 is 2.15 bits per heavy atom. The number of thiazole rings is 1. The summed E-state index contributed by atoms with van der Waals surface area (Å²) in [6.07, 6.45) is 0.459. The third-order valence-corrected chi connectivity index (χ3v) is 2.89. The van der Waals surface area contributed by atoms with Crippen LogP contribution < -0.4 is 10.2 Å². The van der Waals surface area contributed by atoms with Crippen LogP contribution in [-0.4, -0.2) is 28.2 Å². The first kappa shape index (κ1) is 13.7. The molecule has 0 aliphatic rings. The molecule has 7 nitrogen and oxygen atoms in total. The Morgan fingerprint density at radius 1 is 1.40 bits per heavy atom. The van der Waals surface area contributed by atoms with E-state index in [0.717, 1.165) is 11.3 Å². The van der Waals surface area contributed by atoms with Crippen molar-refractivity contribution in [3.63, 3.8) is 0 Å². The number of carboxylic acid groups (broad SMARTS) is 1. The number of nitrogens with one attached hydrogen (secondary N) is 1. The lowest BCUT2D eigenvalue weighted by molar-refractivity contribution is -0.129. The minimum atomic E-state index is -1.27. The molecule has 20 heavy (non-hydrogen) atoms. The number of amides is 1. The number of carbonyl (C=O) groups excluding carboxylic acids is 1. The molecule has 0 aliphatic heterocycles. The van der Waals surface area contributed by atoms with Gasteiger partial charge in [-0.05, 0) is 12.1 Å². The second-order valence-electron chi connectivity index (χ2n) is 3.45. The number of hydrogen-bond acceptors (Lipinski definition) is 6. The smallest absolute Gasteiger partial charge is 0.360 e. The van der Waals surface area contributed by atoms with Gasteiger partial charge in [0, 0.05) is 5.38 Å². The van der Waals surface area contributed by atoms with E-state index >= 15 is 0 Å². The quantitative estimate of drug-likeness (QED) is 0.478. The van der Waals surface area contributed by atoms with Crippen LogP contribution in [0.3, 0.4) is 0 Å². The molecule has 0 bridgehead atoms. The molecule has 0 fully saturated rings. The fraction of sp³-hybridized carbons (Fsp3) is 0. The number of hydrogen-bond donors (Lipinski definition) is 2. The number of rotatable bonds is 6. The van der Waals surface area contributed by atoms with Gasteiger partial charge in [-0.2, -0.15) is 0 Å². The molecule has 0 spiro atoms. The Hall–Kier alpha value is -2.74. The van der Waals surface area contributed by atoms with Crippen LogP contribution in [0.2, 0.25) is 0 Å². The predicted octanol–water partition coefficient (Wildman–Crippen LogP) is 1.58. The van der Waals surface area contributed by atoms with E-state index in [0.29, 0.717) is 12.2 Å². The van der Waals surface area contributed by atoms with Crippen molar-refractivity contribution in [3.8, 4) is 5.75 Å². The molecule has 0 aliphatic carbocycles. The monoisotopic (exact) mass is 291 g/mol. The maximum atomic E-state index is 11.2. The lowest BCUT2D eigenvalue weighted by atomic mass is 10.3. The molecule has 2 aromatic rings. The summed E-state index contributed by atoms with van der Waals surface area (Å²) in [5.41, 5.74) is -0.230. The Balaban J connectivity index is 2.21. The molecular formula is C12H9N3O4S. The van der Waals surface area contributed by atoms with Crippen LogP contribution in [0, 0.1) is 0 Å². The molecule has 1 aromatic heterocycles. The van der Waals surface area contributed by atoms with E-state index in [-0.39, 0.29) is 16.5 Å². The van der Waals surface area contributed by atoms with Crippen molar-refractivity contribution in [2.24, 2.45) is 5.16 Å². The second-order valence-corrected chi connectivity index (χ2v) is 4.31. The van der Waals surface area contributed by atoms with E-state index in [4.69, 9.17) is 9.94 Å². The van der Waals surface area contributed by atoms with Gasteiger partial charge in [-0.3, -0.25) is 4.79 Å². The summed E-state index contributed by atoms with van der Waals surface area (Å²) in [4.78, 5) is 30.4. The molecule has 8 heteroatoms. The summed E-state index contributed by atoms with van der Waals surface area (Å²) in [6, 6.07) is 8.56. The van der Waals surface area contributed by atoms with Crippen molar-refractivity contribution in [1.29, 1.82) is 0 Å². The highest BCUT2D eigenvalue weighted by atomic mass is 32.1. The van der Waals surface area contributed by atoms with Gasteiger partial charge >= 0.3 is 5.97 Å². The first-order valence-electron chi connectivity index (χ1n) is 5.40. The van der Waals surface area contributed by atoms with Crippen molar-refractivity contribution in [2.45, 2.75) is 0 Å². The summed E-state index contributed by atoms with van der Waals surface area (Å²) in [5.74, 6) is -0.864. The average Bonchev–Trinajstić information content (AvgIpc) is 2.89. The molecule has 102 valence electrons. The number of para-hydroxylation sites is 1. The number of aromatic nitrogens is 1. The molecule has 1 amide bonds. The molecule has 0 saturated heterocycles. The summed E-state index contributed by atoms with van der Waals surface area (Å²) in [5, 5.41) is 16.8. The summed E-state index contributed by atoms with van der Waals surface area (Å²) < 4.78 is 0. The summed E-state index contributed by atoms with van der Waals surface area (Å²) in [6.45, 7) is 0. The third-order valence-electron chi connectivity index (χ3n) is 2.12. The predicted molar refractivity (Wildman–Crippen MR) is 73.0 cm³/mol. The molecule has 0 radical (unpaired) electrons. The molecule has 2 rings (SSSR count). The summed E-state index contributed by atoms with van der Waals surface area (Å²) >= 11 is 1.09. The van der Waals surface area contributed by atoms with Gasteiger partial charge in [0.1, 0.15) is 5.69 Å². The van der Waals surface area contributed by atoms with Gasteiger partial charge < -0.3 is 15.3 Å². The van der Waals surface area contributed by atoms with Crippen molar-refractivity contribution >= 4 is 34.6 Å². The minimum absolute atomic E-state index is 0.114. The van der Waals surface area contributed by atoms with E-state index in [1.165, 1.54) is 5.38 Å². The van der Waals surface area contributed by atoms with Gasteiger partial charge in [0.2, 0.25) is 12.1 Å². The first-order valence-corrected chi connectivity index (χ1v) is 6.28. The highest BCUT2D eigenvalue weighted by Gasteiger charge is 2.17. The zero-order chi connectivity index (χ0) is 14.4. The average molecular weight is 291 g/mol. The molecule has 0 unspecified atom stereocenters. The van der Waals surface area contributed by atoms with Crippen LogP contribution in [0.5, 0.6) is 5.75 Å². The van der Waals surface area contributed by atoms with Crippen molar-refractivity contribution < 1.29 is 19.5 Å². The molecule has 0 atom stereocenters. The summed E-state index contributed by atoms with van der Waals surface area (Å²) in [7, 11) is 0. The second kappa shape index (κ2) is 6.43. The molecule has 1 heterocycles. The standard InChI is InChI=1S/C12H9N3O4S/c16-7-13-12-14-9(6-20-12)10(11(17)18)15-19-8-4-2-1-3-5-8/h1-7H,(H,17,18)(H,13,14,16). The van der Waals surface area contributed by atoms with Gasteiger partial charge in [0.15, 0.2) is 10.9 Å². The van der Waals surface area contributed by atoms with Gasteiger partial charge in [0.25, 0.3) is 0 Å². The molecule has 0 saturated carbocycles. The number of aliphatic carboxylic acids is 1. The number of benzene rings is 1. The van der Waals surface area contributed by atoms with Crippen LogP contribution >= 0.6 is 11.3 Å². The zero-order valence-electron chi connectivity index (χ0n) is 10.0. The lowest BCUT2D eigenvalue weighted by Gasteiger charge is -1.99. The van der Waals surface area contributed by atoms with Gasteiger partial charge in [-0.1, -0.05) is 23.4 Å². The first-order chi connectivity index (χ1) is 9.70. The fourth-order valence-electron chi connectivity index (χ4n) is 1.27. The number of anilines is 1. The normalized spacial score (nSPS) is 10.9. The van der Waals surface area contributed by atoms with Gasteiger partial charge in [-0.15, -0.1) is 11.3 Å². The molecular weight excluding hydrogens is 282 g/mol. The van der Waals surface area contributed by atoms with Crippen LogP contribution in [-0.2, 0) is 9.59 Å². The fourth-order valence-corrected chi connectivity index (χ4v) is 1.93. The van der Waals surface area contributed by atoms with Crippen LogP contribution in [0.1, 0.15) is 5.69 Å². The zero-order valence-corrected chi connectivity index (χ0v) is 10.8. The van der Waals surface area contributed by atoms with Gasteiger partial charge in [-0.25, -0.2) is 9.78 Å². The van der Waals surface area contributed by atoms with Crippen molar-refractivity contribution in [2.75, 3.05) is 5.32 Å². The third kappa shape index (κ3) is 3.39. The maximum Gasteiger partial charge on any atom is 0.360 e. The van der Waals surface area contributed by atoms with Crippen LogP contribution in [0.15, 0.2) is 40.9 Å². The highest BCUT2D eigenvalue weighted by Crippen LogP contribution is 2.16. The highest BCUT2D eigenvalue weighted by molar-refractivity contribution is 7.14. The van der Waals surface area contributed by atoms with Gasteiger partial charge in [0.05, 0.1) is 0 Å². The number of carbonyl (C=O) groups is 2. The Morgan fingerprint density at radius 3 is 2.80 bits per heavy atom. The van der Waals surface area contributed by atoms with Crippen LogP contribution in [0.25, 0.3) is 0 Å². The Kier molecular flexibility index (Phi) is 4.40. The largest absolute Gasteiger partial charge is 0.476 e. The SMILES string of the molecule is O=CNc1nc(C(=NOc2ccccc2)C(=O)O)cs1. The lowest BCUT2D eigenvalue weighted by Crippen LogP contribution is -2.16. The van der Waals surface area contributed by atoms with Crippen LogP contribution in [0.4, 0.5) is 5.13 Å².